The molecule has 0 aliphatic carbocycles. The number of fused-ring (bicyclic) bond motifs is 1. The second-order valence-electron chi connectivity index (χ2n) is 5.46. The van der Waals surface area contributed by atoms with Gasteiger partial charge >= 0.3 is 0 Å². The van der Waals surface area contributed by atoms with E-state index in [4.69, 9.17) is 0 Å². The van der Waals surface area contributed by atoms with Gasteiger partial charge in [-0.25, -0.2) is 4.98 Å². The topological polar surface area (TPSA) is 57.3 Å². The summed E-state index contributed by atoms with van der Waals surface area (Å²) in [7, 11) is 3.93. The number of hydrazine groups is 1. The fourth-order valence-electron chi connectivity index (χ4n) is 2.23. The molecule has 3 aromatic rings. The summed E-state index contributed by atoms with van der Waals surface area (Å²) in [5.41, 5.74) is 9.32. The number of rotatable bonds is 4. The first-order valence-electron chi connectivity index (χ1n) is 7.24. The van der Waals surface area contributed by atoms with Crippen molar-refractivity contribution in [1.82, 2.24) is 10.4 Å². The first-order chi connectivity index (χ1) is 11.0. The normalized spacial score (nSPS) is 10.6. The minimum absolute atomic E-state index is 0.189. The van der Waals surface area contributed by atoms with Crippen molar-refractivity contribution in [3.05, 3.63) is 53.6 Å². The first-order valence-corrected chi connectivity index (χ1v) is 8.06. The fourth-order valence-corrected chi connectivity index (χ4v) is 3.13. The zero-order valence-electron chi connectivity index (χ0n) is 13.3. The van der Waals surface area contributed by atoms with Gasteiger partial charge in [-0.15, -0.1) is 0 Å². The summed E-state index contributed by atoms with van der Waals surface area (Å²) in [6.45, 7) is 2.02. The Morgan fingerprint density at radius 3 is 2.52 bits per heavy atom. The van der Waals surface area contributed by atoms with E-state index in [0.29, 0.717) is 10.7 Å². The van der Waals surface area contributed by atoms with Gasteiger partial charge < -0.3 is 4.90 Å². The van der Waals surface area contributed by atoms with Gasteiger partial charge in [0.1, 0.15) is 0 Å². The maximum absolute atomic E-state index is 12.2. The Bertz CT molecular complexity index is 839. The van der Waals surface area contributed by atoms with Crippen LogP contribution < -0.4 is 15.8 Å². The molecule has 1 heterocycles. The van der Waals surface area contributed by atoms with E-state index in [1.165, 1.54) is 11.3 Å². The zero-order chi connectivity index (χ0) is 16.4. The highest BCUT2D eigenvalue weighted by Gasteiger charge is 2.08. The molecular weight excluding hydrogens is 308 g/mol. The van der Waals surface area contributed by atoms with Gasteiger partial charge in [-0.1, -0.05) is 23.5 Å². The van der Waals surface area contributed by atoms with Crippen LogP contribution in [0.2, 0.25) is 0 Å². The van der Waals surface area contributed by atoms with Crippen molar-refractivity contribution in [2.75, 3.05) is 24.4 Å². The quantitative estimate of drug-likeness (QED) is 0.721. The number of thiazole rings is 1. The highest BCUT2D eigenvalue weighted by Crippen LogP contribution is 2.27. The average Bonchev–Trinajstić information content (AvgIpc) is 2.97. The van der Waals surface area contributed by atoms with E-state index in [1.807, 2.05) is 56.3 Å². The summed E-state index contributed by atoms with van der Waals surface area (Å²) in [4.78, 5) is 18.7. The zero-order valence-corrected chi connectivity index (χ0v) is 14.1. The molecule has 2 aromatic carbocycles. The molecule has 0 bridgehead atoms. The number of amides is 1. The average molecular weight is 326 g/mol. The number of hydrogen-bond donors (Lipinski definition) is 2. The third-order valence-electron chi connectivity index (χ3n) is 3.55. The number of aryl methyl sites for hydroxylation is 1. The summed E-state index contributed by atoms with van der Waals surface area (Å²) < 4.78 is 1.09. The minimum Gasteiger partial charge on any atom is -0.378 e. The SMILES string of the molecule is Cc1cccc2sc(NNC(=O)c3ccc(N(C)C)cc3)nc12. The predicted octanol–water partition coefficient (Wildman–Crippen LogP) is 3.43. The molecular formula is C17H18N4OS. The smallest absolute Gasteiger partial charge is 0.269 e. The lowest BCUT2D eigenvalue weighted by Gasteiger charge is -2.12. The predicted molar refractivity (Wildman–Crippen MR) is 96.2 cm³/mol. The first kappa shape index (κ1) is 15.3. The molecule has 23 heavy (non-hydrogen) atoms. The molecule has 118 valence electrons. The molecule has 0 unspecified atom stereocenters. The molecule has 2 N–H and O–H groups in total. The summed E-state index contributed by atoms with van der Waals surface area (Å²) in [6, 6.07) is 13.5. The molecule has 0 radical (unpaired) electrons. The van der Waals surface area contributed by atoms with E-state index < -0.39 is 0 Å². The number of anilines is 2. The molecule has 1 amide bonds. The van der Waals surface area contributed by atoms with Crippen LogP contribution in [0.5, 0.6) is 0 Å². The van der Waals surface area contributed by atoms with Gasteiger partial charge in [-0.3, -0.25) is 15.6 Å². The van der Waals surface area contributed by atoms with Crippen molar-refractivity contribution in [2.24, 2.45) is 0 Å². The minimum atomic E-state index is -0.189. The van der Waals surface area contributed by atoms with Crippen LogP contribution >= 0.6 is 11.3 Å². The van der Waals surface area contributed by atoms with E-state index in [2.05, 4.69) is 15.8 Å². The number of hydrogen-bond acceptors (Lipinski definition) is 5. The second kappa shape index (κ2) is 6.26. The summed E-state index contributed by atoms with van der Waals surface area (Å²) >= 11 is 1.51. The summed E-state index contributed by atoms with van der Waals surface area (Å²) in [5.74, 6) is -0.189. The van der Waals surface area contributed by atoms with Crippen LogP contribution in [0.25, 0.3) is 10.2 Å². The Balaban J connectivity index is 1.69. The van der Waals surface area contributed by atoms with Crippen molar-refractivity contribution in [3.8, 4) is 0 Å². The highest BCUT2D eigenvalue weighted by atomic mass is 32.1. The lowest BCUT2D eigenvalue weighted by atomic mass is 10.2. The monoisotopic (exact) mass is 326 g/mol. The van der Waals surface area contributed by atoms with Crippen molar-refractivity contribution < 1.29 is 4.79 Å². The molecule has 0 saturated heterocycles. The van der Waals surface area contributed by atoms with E-state index in [1.54, 1.807) is 12.1 Å². The van der Waals surface area contributed by atoms with Crippen LogP contribution in [0, 0.1) is 6.92 Å². The Morgan fingerprint density at radius 2 is 1.87 bits per heavy atom. The number of carbonyl (C=O) groups excluding carboxylic acids is 1. The second-order valence-corrected chi connectivity index (χ2v) is 6.49. The van der Waals surface area contributed by atoms with Gasteiger partial charge in [-0.2, -0.15) is 0 Å². The van der Waals surface area contributed by atoms with E-state index in [-0.39, 0.29) is 5.91 Å². The van der Waals surface area contributed by atoms with Gasteiger partial charge in [0.2, 0.25) is 5.13 Å². The molecule has 1 aromatic heterocycles. The summed E-state index contributed by atoms with van der Waals surface area (Å²) in [6.07, 6.45) is 0. The van der Waals surface area contributed by atoms with Crippen LogP contribution in [0.3, 0.4) is 0 Å². The number of nitrogens with zero attached hydrogens (tertiary/aromatic N) is 2. The molecule has 3 rings (SSSR count). The van der Waals surface area contributed by atoms with Gasteiger partial charge in [0.25, 0.3) is 5.91 Å². The number of carbonyl (C=O) groups is 1. The van der Waals surface area contributed by atoms with Crippen molar-refractivity contribution in [1.29, 1.82) is 0 Å². The van der Waals surface area contributed by atoms with E-state index in [0.717, 1.165) is 21.5 Å². The molecule has 0 spiro atoms. The molecule has 6 heteroatoms. The van der Waals surface area contributed by atoms with Gasteiger partial charge in [0.05, 0.1) is 10.2 Å². The maximum Gasteiger partial charge on any atom is 0.269 e. The molecule has 0 saturated carbocycles. The van der Waals surface area contributed by atoms with Gasteiger partial charge in [-0.05, 0) is 42.8 Å². The third-order valence-corrected chi connectivity index (χ3v) is 4.49. The number of benzene rings is 2. The molecule has 0 fully saturated rings. The largest absolute Gasteiger partial charge is 0.378 e. The Hall–Kier alpha value is -2.60. The lowest BCUT2D eigenvalue weighted by molar-refractivity contribution is 0.0962. The number of aromatic nitrogens is 1. The van der Waals surface area contributed by atoms with Gasteiger partial charge in [0, 0.05) is 25.3 Å². The summed E-state index contributed by atoms with van der Waals surface area (Å²) in [5, 5.41) is 0.674. The van der Waals surface area contributed by atoms with Crippen LogP contribution in [-0.2, 0) is 0 Å². The van der Waals surface area contributed by atoms with Crippen molar-refractivity contribution in [2.45, 2.75) is 6.92 Å². The third kappa shape index (κ3) is 3.27. The van der Waals surface area contributed by atoms with Crippen LogP contribution in [-0.4, -0.2) is 25.0 Å². The standard InChI is InChI=1S/C17H18N4OS/c1-11-5-4-6-14-15(11)18-17(23-14)20-19-16(22)12-7-9-13(10-8-12)21(2)3/h4-10H,1-3H3,(H,18,20)(H,19,22). The Labute approximate surface area is 138 Å². The Kier molecular flexibility index (Phi) is 4.16. The van der Waals surface area contributed by atoms with Crippen molar-refractivity contribution >= 4 is 38.3 Å². The highest BCUT2D eigenvalue weighted by molar-refractivity contribution is 7.22. The van der Waals surface area contributed by atoms with Crippen molar-refractivity contribution in [3.63, 3.8) is 0 Å². The molecule has 5 nitrogen and oxygen atoms in total. The lowest BCUT2D eigenvalue weighted by Crippen LogP contribution is -2.29. The number of nitrogens with one attached hydrogen (secondary N) is 2. The van der Waals surface area contributed by atoms with E-state index in [9.17, 15) is 4.79 Å². The molecule has 0 aliphatic rings. The van der Waals surface area contributed by atoms with E-state index >= 15 is 0 Å². The number of para-hydroxylation sites is 1. The molecule has 0 aliphatic heterocycles. The Morgan fingerprint density at radius 1 is 1.13 bits per heavy atom. The maximum atomic E-state index is 12.2. The van der Waals surface area contributed by atoms with Crippen LogP contribution in [0.1, 0.15) is 15.9 Å². The van der Waals surface area contributed by atoms with Crippen LogP contribution in [0.4, 0.5) is 10.8 Å². The van der Waals surface area contributed by atoms with Gasteiger partial charge in [0.15, 0.2) is 0 Å². The fraction of sp³-hybridized carbons (Fsp3) is 0.176. The molecule has 0 atom stereocenters. The van der Waals surface area contributed by atoms with Crippen LogP contribution in [0.15, 0.2) is 42.5 Å².